The normalized spacial score (nSPS) is 14.4. The zero-order valence-electron chi connectivity index (χ0n) is 13.6. The molecule has 4 heteroatoms. The standard InChI is InChI=1S/C16H30BrN3/c1-5-7-9-11-13-16(3,12-10-8-6-2)14-18-15(17)19-20(14)4/h5-13H2,1-4H3. The number of aryl methyl sites for hydroxylation is 1. The molecule has 0 fully saturated rings. The first-order valence-electron chi connectivity index (χ1n) is 8.10. The van der Waals surface area contributed by atoms with Crippen LogP contribution in [0.3, 0.4) is 0 Å². The number of aromatic nitrogens is 3. The zero-order valence-corrected chi connectivity index (χ0v) is 15.2. The fourth-order valence-corrected chi connectivity index (χ4v) is 3.34. The van der Waals surface area contributed by atoms with Crippen LogP contribution in [0.25, 0.3) is 0 Å². The van der Waals surface area contributed by atoms with E-state index in [0.717, 1.165) is 5.82 Å². The second kappa shape index (κ2) is 8.81. The Kier molecular flexibility index (Phi) is 7.78. The predicted octanol–water partition coefficient (Wildman–Crippen LogP) is 5.39. The van der Waals surface area contributed by atoms with Crippen molar-refractivity contribution in [2.24, 2.45) is 7.05 Å². The molecule has 0 bridgehead atoms. The predicted molar refractivity (Wildman–Crippen MR) is 89.0 cm³/mol. The van der Waals surface area contributed by atoms with Gasteiger partial charge in [-0.1, -0.05) is 65.7 Å². The lowest BCUT2D eigenvalue weighted by Crippen LogP contribution is -2.26. The summed E-state index contributed by atoms with van der Waals surface area (Å²) >= 11 is 3.41. The minimum absolute atomic E-state index is 0.163. The average molecular weight is 344 g/mol. The summed E-state index contributed by atoms with van der Waals surface area (Å²) in [5.74, 6) is 1.14. The maximum atomic E-state index is 4.63. The second-order valence-electron chi connectivity index (χ2n) is 6.16. The molecule has 0 radical (unpaired) electrons. The topological polar surface area (TPSA) is 30.7 Å². The summed E-state index contributed by atoms with van der Waals surface area (Å²) in [6.45, 7) is 6.89. The van der Waals surface area contributed by atoms with E-state index < -0.39 is 0 Å². The molecule has 0 amide bonds. The molecule has 1 unspecified atom stereocenters. The molecule has 0 saturated heterocycles. The highest BCUT2D eigenvalue weighted by atomic mass is 79.9. The molecule has 1 aromatic heterocycles. The third-order valence-corrected chi connectivity index (χ3v) is 4.53. The fourth-order valence-electron chi connectivity index (χ4n) is 2.93. The van der Waals surface area contributed by atoms with Crippen LogP contribution in [0.4, 0.5) is 0 Å². The van der Waals surface area contributed by atoms with Crippen molar-refractivity contribution in [3.05, 3.63) is 10.6 Å². The first-order valence-corrected chi connectivity index (χ1v) is 8.89. The smallest absolute Gasteiger partial charge is 0.217 e. The van der Waals surface area contributed by atoms with Crippen LogP contribution in [0.1, 0.15) is 84.4 Å². The van der Waals surface area contributed by atoms with Crippen LogP contribution in [-0.4, -0.2) is 14.8 Å². The lowest BCUT2D eigenvalue weighted by Gasteiger charge is -2.28. The number of unbranched alkanes of at least 4 members (excludes halogenated alkanes) is 5. The minimum atomic E-state index is 0.163. The summed E-state index contributed by atoms with van der Waals surface area (Å²) in [6.07, 6.45) is 11.6. The summed E-state index contributed by atoms with van der Waals surface area (Å²) in [5.41, 5.74) is 0.163. The Hall–Kier alpha value is -0.380. The average Bonchev–Trinajstić information content (AvgIpc) is 2.75. The van der Waals surface area contributed by atoms with E-state index in [2.05, 4.69) is 46.8 Å². The molecule has 0 aliphatic rings. The largest absolute Gasteiger partial charge is 0.251 e. The number of halogens is 1. The summed E-state index contributed by atoms with van der Waals surface area (Å²) in [6, 6.07) is 0. The van der Waals surface area contributed by atoms with Crippen molar-refractivity contribution < 1.29 is 0 Å². The van der Waals surface area contributed by atoms with Crippen molar-refractivity contribution in [3.63, 3.8) is 0 Å². The number of hydrogen-bond donors (Lipinski definition) is 0. The summed E-state index contributed by atoms with van der Waals surface area (Å²) in [5, 5.41) is 4.37. The fraction of sp³-hybridized carbons (Fsp3) is 0.875. The van der Waals surface area contributed by atoms with Crippen LogP contribution >= 0.6 is 15.9 Å². The monoisotopic (exact) mass is 343 g/mol. The van der Waals surface area contributed by atoms with E-state index in [1.54, 1.807) is 0 Å². The van der Waals surface area contributed by atoms with Crippen molar-refractivity contribution in [3.8, 4) is 0 Å². The van der Waals surface area contributed by atoms with Gasteiger partial charge in [-0.15, -0.1) is 5.10 Å². The van der Waals surface area contributed by atoms with Crippen LogP contribution in [0, 0.1) is 0 Å². The van der Waals surface area contributed by atoms with E-state index >= 15 is 0 Å². The van der Waals surface area contributed by atoms with Gasteiger partial charge >= 0.3 is 0 Å². The number of hydrogen-bond acceptors (Lipinski definition) is 2. The van der Waals surface area contributed by atoms with Crippen molar-refractivity contribution in [2.45, 2.75) is 84.0 Å². The van der Waals surface area contributed by atoms with Gasteiger partial charge in [0.05, 0.1) is 0 Å². The lowest BCUT2D eigenvalue weighted by molar-refractivity contribution is 0.335. The first-order chi connectivity index (χ1) is 9.53. The molecule has 0 aliphatic carbocycles. The Morgan fingerprint density at radius 3 is 2.05 bits per heavy atom. The molecule has 1 atom stereocenters. The Morgan fingerprint density at radius 2 is 1.55 bits per heavy atom. The Morgan fingerprint density at radius 1 is 1.00 bits per heavy atom. The Balaban J connectivity index is 2.74. The molecule has 0 N–H and O–H groups in total. The van der Waals surface area contributed by atoms with Crippen molar-refractivity contribution in [2.75, 3.05) is 0 Å². The maximum Gasteiger partial charge on any atom is 0.217 e. The molecule has 1 rings (SSSR count). The molecule has 1 aromatic rings. The van der Waals surface area contributed by atoms with Gasteiger partial charge in [-0.3, -0.25) is 4.68 Å². The van der Waals surface area contributed by atoms with Gasteiger partial charge in [0.2, 0.25) is 4.73 Å². The van der Waals surface area contributed by atoms with Gasteiger partial charge in [0.1, 0.15) is 5.82 Å². The molecule has 3 nitrogen and oxygen atoms in total. The van der Waals surface area contributed by atoms with Gasteiger partial charge in [0.25, 0.3) is 0 Å². The summed E-state index contributed by atoms with van der Waals surface area (Å²) < 4.78 is 2.67. The zero-order chi connectivity index (χ0) is 15.0. The second-order valence-corrected chi connectivity index (χ2v) is 6.87. The quantitative estimate of drug-likeness (QED) is 0.533. The van der Waals surface area contributed by atoms with Crippen molar-refractivity contribution in [1.29, 1.82) is 0 Å². The van der Waals surface area contributed by atoms with E-state index in [4.69, 9.17) is 0 Å². The molecule has 20 heavy (non-hydrogen) atoms. The summed E-state index contributed by atoms with van der Waals surface area (Å²) in [7, 11) is 2.01. The highest BCUT2D eigenvalue weighted by molar-refractivity contribution is 9.10. The van der Waals surface area contributed by atoms with Gasteiger partial charge < -0.3 is 0 Å². The van der Waals surface area contributed by atoms with Crippen LogP contribution in [0.15, 0.2) is 4.73 Å². The van der Waals surface area contributed by atoms with E-state index in [1.165, 1.54) is 57.8 Å². The molecule has 116 valence electrons. The summed E-state index contributed by atoms with van der Waals surface area (Å²) in [4.78, 5) is 4.63. The number of rotatable bonds is 10. The maximum absolute atomic E-state index is 4.63. The molecule has 0 aliphatic heterocycles. The minimum Gasteiger partial charge on any atom is -0.251 e. The lowest BCUT2D eigenvalue weighted by atomic mass is 9.79. The van der Waals surface area contributed by atoms with Crippen LogP contribution < -0.4 is 0 Å². The molecule has 0 aromatic carbocycles. The van der Waals surface area contributed by atoms with Crippen molar-refractivity contribution >= 4 is 15.9 Å². The van der Waals surface area contributed by atoms with Gasteiger partial charge in [-0.2, -0.15) is 0 Å². The highest BCUT2D eigenvalue weighted by Gasteiger charge is 2.30. The Labute approximate surface area is 132 Å². The third-order valence-electron chi connectivity index (χ3n) is 4.19. The van der Waals surface area contributed by atoms with Crippen LogP contribution in [0.2, 0.25) is 0 Å². The highest BCUT2D eigenvalue weighted by Crippen LogP contribution is 2.34. The first kappa shape index (κ1) is 17.7. The molecule has 0 saturated carbocycles. The van der Waals surface area contributed by atoms with E-state index in [1.807, 2.05) is 11.7 Å². The van der Waals surface area contributed by atoms with Gasteiger partial charge in [0.15, 0.2) is 0 Å². The van der Waals surface area contributed by atoms with Gasteiger partial charge in [-0.25, -0.2) is 4.98 Å². The van der Waals surface area contributed by atoms with Gasteiger partial charge in [0, 0.05) is 12.5 Å². The third kappa shape index (κ3) is 5.19. The Bertz CT molecular complexity index is 389. The van der Waals surface area contributed by atoms with Crippen molar-refractivity contribution in [1.82, 2.24) is 14.8 Å². The SMILES string of the molecule is CCCCCCC(C)(CCCCC)c1nc(Br)nn1C. The molecular formula is C16H30BrN3. The van der Waals surface area contributed by atoms with Gasteiger partial charge in [-0.05, 0) is 28.8 Å². The van der Waals surface area contributed by atoms with E-state index in [0.29, 0.717) is 4.73 Å². The molecule has 1 heterocycles. The van der Waals surface area contributed by atoms with Crippen LogP contribution in [-0.2, 0) is 12.5 Å². The number of nitrogens with zero attached hydrogens (tertiary/aromatic N) is 3. The molecular weight excluding hydrogens is 314 g/mol. The van der Waals surface area contributed by atoms with E-state index in [9.17, 15) is 0 Å². The van der Waals surface area contributed by atoms with Crippen LogP contribution in [0.5, 0.6) is 0 Å². The molecule has 0 spiro atoms. The van der Waals surface area contributed by atoms with E-state index in [-0.39, 0.29) is 5.41 Å².